The second-order valence-electron chi connectivity index (χ2n) is 7.02. The van der Waals surface area contributed by atoms with Gasteiger partial charge in [0.25, 0.3) is 5.69 Å². The SMILES string of the molecule is COc1ccccc1N1CC[NH+](Cc2nc(-c3ccc([N+](=O)[O-])cc3)cs2)CC1. The van der Waals surface area contributed by atoms with Crippen molar-refractivity contribution >= 4 is 22.7 Å². The third kappa shape index (κ3) is 4.38. The average Bonchev–Trinajstić information content (AvgIpc) is 3.23. The molecule has 150 valence electrons. The number of nitrogens with one attached hydrogen (secondary N) is 1. The summed E-state index contributed by atoms with van der Waals surface area (Å²) in [6, 6.07) is 14.7. The van der Waals surface area contributed by atoms with Gasteiger partial charge in [0.2, 0.25) is 0 Å². The van der Waals surface area contributed by atoms with E-state index >= 15 is 0 Å². The summed E-state index contributed by atoms with van der Waals surface area (Å²) in [7, 11) is 1.71. The fourth-order valence-electron chi connectivity index (χ4n) is 3.62. The standard InChI is InChI=1S/C21H22N4O3S/c1-28-20-5-3-2-4-19(20)24-12-10-23(11-13-24)14-21-22-18(15-29-21)16-6-8-17(9-7-16)25(26)27/h2-9,15H,10-14H2,1H3/p+1. The third-order valence-corrected chi connectivity index (χ3v) is 6.07. The summed E-state index contributed by atoms with van der Waals surface area (Å²) in [5, 5.41) is 13.9. The smallest absolute Gasteiger partial charge is 0.269 e. The Kier molecular flexibility index (Phi) is 5.73. The Labute approximate surface area is 173 Å². The maximum atomic E-state index is 10.8. The molecule has 0 atom stereocenters. The van der Waals surface area contributed by atoms with Crippen molar-refractivity contribution in [3.63, 3.8) is 0 Å². The number of nitrogens with zero attached hydrogens (tertiary/aromatic N) is 3. The molecule has 1 fully saturated rings. The lowest BCUT2D eigenvalue weighted by molar-refractivity contribution is -0.914. The van der Waals surface area contributed by atoms with Gasteiger partial charge in [0.15, 0.2) is 0 Å². The summed E-state index contributed by atoms with van der Waals surface area (Å²) in [4.78, 5) is 19.1. The van der Waals surface area contributed by atoms with Gasteiger partial charge in [-0.1, -0.05) is 12.1 Å². The van der Waals surface area contributed by atoms with E-state index in [-0.39, 0.29) is 10.6 Å². The zero-order valence-corrected chi connectivity index (χ0v) is 17.0. The number of aromatic nitrogens is 1. The van der Waals surface area contributed by atoms with Crippen molar-refractivity contribution in [2.75, 3.05) is 38.2 Å². The molecule has 0 bridgehead atoms. The lowest BCUT2D eigenvalue weighted by Gasteiger charge is -2.33. The average molecular weight is 412 g/mol. The van der Waals surface area contributed by atoms with Crippen LogP contribution in [0.5, 0.6) is 5.75 Å². The fraction of sp³-hybridized carbons (Fsp3) is 0.286. The Balaban J connectivity index is 1.36. The monoisotopic (exact) mass is 411 g/mol. The lowest BCUT2D eigenvalue weighted by Crippen LogP contribution is -3.13. The van der Waals surface area contributed by atoms with E-state index in [1.54, 1.807) is 30.6 Å². The highest BCUT2D eigenvalue weighted by atomic mass is 32.1. The molecule has 2 aromatic carbocycles. The molecule has 1 aromatic heterocycles. The number of non-ortho nitro benzene ring substituents is 1. The number of nitro benzene ring substituents is 1. The molecule has 29 heavy (non-hydrogen) atoms. The summed E-state index contributed by atoms with van der Waals surface area (Å²) >= 11 is 1.65. The van der Waals surface area contributed by atoms with Gasteiger partial charge < -0.3 is 14.5 Å². The highest BCUT2D eigenvalue weighted by Gasteiger charge is 2.23. The van der Waals surface area contributed by atoms with Crippen LogP contribution < -0.4 is 14.5 Å². The number of hydrogen-bond donors (Lipinski definition) is 1. The summed E-state index contributed by atoms with van der Waals surface area (Å²) in [6.07, 6.45) is 0. The van der Waals surface area contributed by atoms with Gasteiger partial charge in [0.05, 0.1) is 49.6 Å². The molecule has 2 heterocycles. The number of para-hydroxylation sites is 2. The Morgan fingerprint density at radius 1 is 1.17 bits per heavy atom. The number of methoxy groups -OCH3 is 1. The molecule has 0 unspecified atom stereocenters. The highest BCUT2D eigenvalue weighted by molar-refractivity contribution is 7.09. The first kappa shape index (κ1) is 19.4. The maximum absolute atomic E-state index is 10.8. The van der Waals surface area contributed by atoms with E-state index in [0.29, 0.717) is 0 Å². The number of quaternary nitrogens is 1. The number of ether oxygens (including phenoxy) is 1. The van der Waals surface area contributed by atoms with Crippen molar-refractivity contribution in [2.24, 2.45) is 0 Å². The molecule has 0 amide bonds. The molecule has 0 radical (unpaired) electrons. The maximum Gasteiger partial charge on any atom is 0.269 e. The Morgan fingerprint density at radius 2 is 1.90 bits per heavy atom. The minimum absolute atomic E-state index is 0.0987. The van der Waals surface area contributed by atoms with Crippen LogP contribution in [0.2, 0.25) is 0 Å². The van der Waals surface area contributed by atoms with E-state index in [2.05, 4.69) is 11.0 Å². The topological polar surface area (TPSA) is 72.9 Å². The molecule has 1 saturated heterocycles. The Morgan fingerprint density at radius 3 is 2.59 bits per heavy atom. The van der Waals surface area contributed by atoms with Gasteiger partial charge >= 0.3 is 0 Å². The summed E-state index contributed by atoms with van der Waals surface area (Å²) in [5.41, 5.74) is 3.05. The Bertz CT molecular complexity index is 982. The van der Waals surface area contributed by atoms with Crippen LogP contribution in [0.1, 0.15) is 5.01 Å². The zero-order valence-electron chi connectivity index (χ0n) is 16.2. The van der Waals surface area contributed by atoms with E-state index in [1.807, 2.05) is 23.6 Å². The molecule has 0 saturated carbocycles. The van der Waals surface area contributed by atoms with Crippen molar-refractivity contribution in [1.29, 1.82) is 0 Å². The van der Waals surface area contributed by atoms with E-state index in [0.717, 1.165) is 60.4 Å². The minimum Gasteiger partial charge on any atom is -0.495 e. The Hall–Kier alpha value is -2.97. The van der Waals surface area contributed by atoms with Crippen LogP contribution in [0.4, 0.5) is 11.4 Å². The molecular formula is C21H23N4O3S+. The van der Waals surface area contributed by atoms with Gasteiger partial charge in [-0.3, -0.25) is 10.1 Å². The van der Waals surface area contributed by atoms with Gasteiger partial charge in [0, 0.05) is 23.1 Å². The van der Waals surface area contributed by atoms with Crippen LogP contribution in [-0.2, 0) is 6.54 Å². The van der Waals surface area contributed by atoms with E-state index in [9.17, 15) is 10.1 Å². The molecule has 0 spiro atoms. The molecule has 4 rings (SSSR count). The lowest BCUT2D eigenvalue weighted by atomic mass is 10.1. The molecule has 1 aliphatic heterocycles. The van der Waals surface area contributed by atoms with Crippen LogP contribution in [0.25, 0.3) is 11.3 Å². The largest absolute Gasteiger partial charge is 0.495 e. The predicted octanol–water partition coefficient (Wildman–Crippen LogP) is 2.63. The molecule has 1 N–H and O–H groups in total. The first-order valence-electron chi connectivity index (χ1n) is 9.55. The van der Waals surface area contributed by atoms with Crippen LogP contribution >= 0.6 is 11.3 Å². The molecule has 3 aromatic rings. The summed E-state index contributed by atoms with van der Waals surface area (Å²) < 4.78 is 5.49. The van der Waals surface area contributed by atoms with Crippen molar-refractivity contribution in [3.05, 3.63) is 69.0 Å². The van der Waals surface area contributed by atoms with Gasteiger partial charge in [-0.25, -0.2) is 4.98 Å². The third-order valence-electron chi connectivity index (χ3n) is 5.22. The van der Waals surface area contributed by atoms with E-state index in [1.165, 1.54) is 17.0 Å². The first-order valence-corrected chi connectivity index (χ1v) is 10.4. The van der Waals surface area contributed by atoms with Crippen LogP contribution in [-0.4, -0.2) is 43.2 Å². The van der Waals surface area contributed by atoms with Gasteiger partial charge in [0.1, 0.15) is 17.3 Å². The van der Waals surface area contributed by atoms with Crippen LogP contribution in [0, 0.1) is 10.1 Å². The molecule has 0 aliphatic carbocycles. The molecular weight excluding hydrogens is 388 g/mol. The normalized spacial score (nSPS) is 14.7. The molecule has 8 heteroatoms. The van der Waals surface area contributed by atoms with Crippen molar-refractivity contribution in [1.82, 2.24) is 4.98 Å². The van der Waals surface area contributed by atoms with Gasteiger partial charge in [-0.2, -0.15) is 0 Å². The fourth-order valence-corrected chi connectivity index (χ4v) is 4.50. The number of nitro groups is 1. The second-order valence-corrected chi connectivity index (χ2v) is 7.96. The number of benzene rings is 2. The second kappa shape index (κ2) is 8.59. The van der Waals surface area contributed by atoms with Crippen LogP contribution in [0.3, 0.4) is 0 Å². The van der Waals surface area contributed by atoms with Gasteiger partial charge in [-0.15, -0.1) is 11.3 Å². The minimum atomic E-state index is -0.385. The predicted molar refractivity (Wildman–Crippen MR) is 114 cm³/mol. The highest BCUT2D eigenvalue weighted by Crippen LogP contribution is 2.27. The number of rotatable bonds is 6. The number of piperazine rings is 1. The number of anilines is 1. The molecule has 7 nitrogen and oxygen atoms in total. The first-order chi connectivity index (χ1) is 14.1. The van der Waals surface area contributed by atoms with E-state index in [4.69, 9.17) is 9.72 Å². The van der Waals surface area contributed by atoms with Gasteiger partial charge in [-0.05, 0) is 24.3 Å². The quantitative estimate of drug-likeness (QED) is 0.499. The van der Waals surface area contributed by atoms with Crippen molar-refractivity contribution in [2.45, 2.75) is 6.54 Å². The summed E-state index contributed by atoms with van der Waals surface area (Å²) in [6.45, 7) is 4.96. The van der Waals surface area contributed by atoms with Crippen molar-refractivity contribution in [3.8, 4) is 17.0 Å². The number of thiazole rings is 1. The molecule has 1 aliphatic rings. The van der Waals surface area contributed by atoms with Crippen LogP contribution in [0.15, 0.2) is 53.9 Å². The number of hydrogen-bond acceptors (Lipinski definition) is 6. The summed E-state index contributed by atoms with van der Waals surface area (Å²) in [5.74, 6) is 0.920. The van der Waals surface area contributed by atoms with Crippen molar-refractivity contribution < 1.29 is 14.6 Å². The van der Waals surface area contributed by atoms with E-state index < -0.39 is 0 Å². The zero-order chi connectivity index (χ0) is 20.2.